The molecular formula is C21H28N2O5S. The molecule has 0 spiro atoms. The van der Waals surface area contributed by atoms with Crippen LogP contribution in [0.2, 0.25) is 0 Å². The molecule has 0 fully saturated rings. The van der Waals surface area contributed by atoms with E-state index in [0.29, 0.717) is 17.9 Å². The third-order valence-corrected chi connectivity index (χ3v) is 5.47. The highest BCUT2D eigenvalue weighted by Crippen LogP contribution is 2.22. The Hall–Kier alpha value is -2.74. The van der Waals surface area contributed by atoms with Crippen LogP contribution >= 0.6 is 0 Å². The molecule has 1 amide bonds. The van der Waals surface area contributed by atoms with Crippen molar-refractivity contribution >= 4 is 21.6 Å². The summed E-state index contributed by atoms with van der Waals surface area (Å²) in [6.45, 7) is 3.84. The summed E-state index contributed by atoms with van der Waals surface area (Å²) in [7, 11) is -2.05. The molecule has 0 saturated carbocycles. The highest BCUT2D eigenvalue weighted by molar-refractivity contribution is 7.92. The van der Waals surface area contributed by atoms with Crippen LogP contribution in [0.4, 0.5) is 5.69 Å². The summed E-state index contributed by atoms with van der Waals surface area (Å²) in [4.78, 5) is 12.9. The number of nitrogens with one attached hydrogen (secondary N) is 1. The van der Waals surface area contributed by atoms with Crippen molar-refractivity contribution in [1.29, 1.82) is 0 Å². The second-order valence-corrected chi connectivity index (χ2v) is 8.57. The maximum atomic E-state index is 12.9. The summed E-state index contributed by atoms with van der Waals surface area (Å²) in [5.74, 6) is 1.01. The first kappa shape index (κ1) is 22.5. The first-order valence-electron chi connectivity index (χ1n) is 9.38. The molecule has 7 nitrogen and oxygen atoms in total. The van der Waals surface area contributed by atoms with Crippen LogP contribution in [-0.4, -0.2) is 46.4 Å². The van der Waals surface area contributed by atoms with Gasteiger partial charge in [-0.15, -0.1) is 0 Å². The molecule has 158 valence electrons. The van der Waals surface area contributed by atoms with E-state index in [0.717, 1.165) is 12.0 Å². The lowest BCUT2D eigenvalue weighted by molar-refractivity contribution is -0.123. The highest BCUT2D eigenvalue weighted by Gasteiger charge is 2.31. The Morgan fingerprint density at radius 1 is 1.07 bits per heavy atom. The predicted molar refractivity (Wildman–Crippen MR) is 114 cm³/mol. The predicted octanol–water partition coefficient (Wildman–Crippen LogP) is 2.82. The van der Waals surface area contributed by atoms with Gasteiger partial charge in [-0.05, 0) is 49.7 Å². The van der Waals surface area contributed by atoms with E-state index in [1.165, 1.54) is 4.31 Å². The second kappa shape index (κ2) is 10.2. The zero-order valence-corrected chi connectivity index (χ0v) is 18.0. The summed E-state index contributed by atoms with van der Waals surface area (Å²) >= 11 is 0. The van der Waals surface area contributed by atoms with Gasteiger partial charge >= 0.3 is 0 Å². The quantitative estimate of drug-likeness (QED) is 0.639. The maximum absolute atomic E-state index is 12.9. The van der Waals surface area contributed by atoms with Crippen molar-refractivity contribution in [2.45, 2.75) is 32.4 Å². The number of carbonyl (C=O) groups is 1. The summed E-state index contributed by atoms with van der Waals surface area (Å²) < 4.78 is 36.8. The lowest BCUT2D eigenvalue weighted by atomic mass is 10.1. The Morgan fingerprint density at radius 2 is 1.66 bits per heavy atom. The molecule has 0 unspecified atom stereocenters. The van der Waals surface area contributed by atoms with E-state index in [1.807, 2.05) is 0 Å². The molecule has 2 aromatic carbocycles. The van der Waals surface area contributed by atoms with Crippen LogP contribution in [0.15, 0.2) is 54.6 Å². The van der Waals surface area contributed by atoms with Crippen LogP contribution in [0.5, 0.6) is 11.5 Å². The molecule has 0 heterocycles. The monoisotopic (exact) mass is 420 g/mol. The Labute approximate surface area is 172 Å². The normalized spacial score (nSPS) is 13.2. The van der Waals surface area contributed by atoms with Crippen LogP contribution in [0, 0.1) is 0 Å². The topological polar surface area (TPSA) is 84.9 Å². The summed E-state index contributed by atoms with van der Waals surface area (Å²) in [6, 6.07) is 14.6. The van der Waals surface area contributed by atoms with E-state index in [9.17, 15) is 13.2 Å². The van der Waals surface area contributed by atoms with Crippen molar-refractivity contribution in [2.24, 2.45) is 0 Å². The molecule has 1 N–H and O–H groups in total. The summed E-state index contributed by atoms with van der Waals surface area (Å²) in [5.41, 5.74) is 0.458. The molecule has 2 aromatic rings. The molecule has 2 atom stereocenters. The van der Waals surface area contributed by atoms with Crippen molar-refractivity contribution in [1.82, 2.24) is 5.32 Å². The average Bonchev–Trinajstić information content (AvgIpc) is 2.70. The van der Waals surface area contributed by atoms with Gasteiger partial charge in [0.25, 0.3) is 0 Å². The third kappa shape index (κ3) is 6.39. The van der Waals surface area contributed by atoms with Gasteiger partial charge in [0.15, 0.2) is 0 Å². The van der Waals surface area contributed by atoms with Gasteiger partial charge in [-0.25, -0.2) is 8.42 Å². The van der Waals surface area contributed by atoms with E-state index in [4.69, 9.17) is 9.47 Å². The molecular weight excluding hydrogens is 392 g/mol. The number of ether oxygens (including phenoxy) is 2. The number of hydrogen-bond acceptors (Lipinski definition) is 5. The largest absolute Gasteiger partial charge is 0.497 e. The molecule has 0 aliphatic rings. The van der Waals surface area contributed by atoms with Crippen LogP contribution in [0.1, 0.15) is 20.3 Å². The summed E-state index contributed by atoms with van der Waals surface area (Å²) in [6.07, 6.45) is 1.44. The third-order valence-electron chi connectivity index (χ3n) is 4.29. The maximum Gasteiger partial charge on any atom is 0.244 e. The number of anilines is 1. The molecule has 2 rings (SSSR count). The molecule has 0 bridgehead atoms. The van der Waals surface area contributed by atoms with Crippen molar-refractivity contribution in [3.8, 4) is 11.5 Å². The van der Waals surface area contributed by atoms with Gasteiger partial charge in [0.05, 0.1) is 25.1 Å². The van der Waals surface area contributed by atoms with E-state index < -0.39 is 16.1 Å². The standard InChI is InChI=1S/C21H28N2O5S/c1-5-20(23(29(4,25)26)17-9-7-6-8-10-17)21(24)22-16(2)15-28-19-13-11-18(27-3)12-14-19/h6-14,16,20H,5,15H2,1-4H3,(H,22,24)/t16-,20+/m0/s1. The van der Waals surface area contributed by atoms with Gasteiger partial charge in [0.1, 0.15) is 24.1 Å². The number of hydrogen-bond donors (Lipinski definition) is 1. The van der Waals surface area contributed by atoms with Gasteiger partial charge in [0.2, 0.25) is 15.9 Å². The lowest BCUT2D eigenvalue weighted by Gasteiger charge is -2.31. The van der Waals surface area contributed by atoms with Gasteiger partial charge < -0.3 is 14.8 Å². The second-order valence-electron chi connectivity index (χ2n) is 6.71. The SMILES string of the molecule is CC[C@H](C(=O)N[C@@H](C)COc1ccc(OC)cc1)N(c1ccccc1)S(C)(=O)=O. The van der Waals surface area contributed by atoms with E-state index in [-0.39, 0.29) is 18.6 Å². The van der Waals surface area contributed by atoms with Crippen LogP contribution in [0.3, 0.4) is 0 Å². The van der Waals surface area contributed by atoms with E-state index >= 15 is 0 Å². The Balaban J connectivity index is 2.05. The van der Waals surface area contributed by atoms with Gasteiger partial charge in [-0.3, -0.25) is 9.10 Å². The zero-order valence-electron chi connectivity index (χ0n) is 17.2. The number of nitrogens with zero attached hydrogens (tertiary/aromatic N) is 1. The lowest BCUT2D eigenvalue weighted by Crippen LogP contribution is -2.52. The van der Waals surface area contributed by atoms with Crippen LogP contribution in [0.25, 0.3) is 0 Å². The van der Waals surface area contributed by atoms with Crippen LogP contribution < -0.4 is 19.1 Å². The number of amides is 1. The zero-order chi connectivity index (χ0) is 21.4. The minimum Gasteiger partial charge on any atom is -0.497 e. The fourth-order valence-corrected chi connectivity index (χ4v) is 4.12. The van der Waals surface area contributed by atoms with Crippen molar-refractivity contribution in [3.63, 3.8) is 0 Å². The van der Waals surface area contributed by atoms with Crippen molar-refractivity contribution < 1.29 is 22.7 Å². The molecule has 0 radical (unpaired) electrons. The highest BCUT2D eigenvalue weighted by atomic mass is 32.2. The minimum atomic E-state index is -3.64. The average molecular weight is 421 g/mol. The van der Waals surface area contributed by atoms with Crippen molar-refractivity contribution in [2.75, 3.05) is 24.3 Å². The first-order chi connectivity index (χ1) is 13.8. The fraction of sp³-hybridized carbons (Fsp3) is 0.381. The first-order valence-corrected chi connectivity index (χ1v) is 11.2. The smallest absolute Gasteiger partial charge is 0.244 e. The van der Waals surface area contributed by atoms with Crippen LogP contribution in [-0.2, 0) is 14.8 Å². The molecule has 0 saturated heterocycles. The van der Waals surface area contributed by atoms with E-state index in [1.54, 1.807) is 75.6 Å². The van der Waals surface area contributed by atoms with Crippen molar-refractivity contribution in [3.05, 3.63) is 54.6 Å². The Kier molecular flexibility index (Phi) is 7.90. The van der Waals surface area contributed by atoms with Gasteiger partial charge in [0, 0.05) is 0 Å². The number of rotatable bonds is 10. The Morgan fingerprint density at radius 3 is 2.17 bits per heavy atom. The summed E-state index contributed by atoms with van der Waals surface area (Å²) in [5, 5.41) is 2.85. The molecule has 8 heteroatoms. The molecule has 0 aromatic heterocycles. The Bertz CT molecular complexity index is 885. The molecule has 29 heavy (non-hydrogen) atoms. The van der Waals surface area contributed by atoms with E-state index in [2.05, 4.69) is 5.32 Å². The molecule has 0 aliphatic heterocycles. The number of benzene rings is 2. The number of sulfonamides is 1. The molecule has 0 aliphatic carbocycles. The minimum absolute atomic E-state index is 0.249. The van der Waals surface area contributed by atoms with Gasteiger partial charge in [-0.2, -0.15) is 0 Å². The number of para-hydroxylation sites is 1. The number of carbonyl (C=O) groups excluding carboxylic acids is 1. The number of methoxy groups -OCH3 is 1. The van der Waals surface area contributed by atoms with Gasteiger partial charge in [-0.1, -0.05) is 25.1 Å². The fourth-order valence-electron chi connectivity index (χ4n) is 2.91.